The number of rotatable bonds is 4. The molecule has 0 aromatic carbocycles. The quantitative estimate of drug-likeness (QED) is 0.859. The van der Waals surface area contributed by atoms with Crippen LogP contribution in [0, 0.1) is 6.92 Å². The first-order valence-electron chi connectivity index (χ1n) is 5.91. The minimum atomic E-state index is -0.265. The van der Waals surface area contributed by atoms with Crippen molar-refractivity contribution in [1.29, 1.82) is 0 Å². The second kappa shape index (κ2) is 5.90. The lowest BCUT2D eigenvalue weighted by molar-refractivity contribution is 0.0944. The summed E-state index contributed by atoms with van der Waals surface area (Å²) >= 11 is 0. The Labute approximate surface area is 111 Å². The van der Waals surface area contributed by atoms with Gasteiger partial charge in [0.1, 0.15) is 5.82 Å². The molecule has 0 aliphatic heterocycles. The molecule has 0 saturated heterocycles. The van der Waals surface area contributed by atoms with Gasteiger partial charge in [-0.1, -0.05) is 6.07 Å². The third kappa shape index (κ3) is 3.48. The zero-order valence-corrected chi connectivity index (χ0v) is 10.8. The number of carbonyl (C=O) groups is 1. The molecule has 0 atom stereocenters. The van der Waals surface area contributed by atoms with Crippen LogP contribution in [0.25, 0.3) is 0 Å². The number of hydrogen-bond donors (Lipinski definition) is 2. The fourth-order valence-corrected chi connectivity index (χ4v) is 1.55. The molecule has 2 rings (SSSR count). The van der Waals surface area contributed by atoms with Crippen molar-refractivity contribution in [2.24, 2.45) is 0 Å². The number of nitrogens with zero attached hydrogens (tertiary/aromatic N) is 3. The number of aromatic nitrogens is 3. The minimum Gasteiger partial charge on any atom is -0.372 e. The summed E-state index contributed by atoms with van der Waals surface area (Å²) in [7, 11) is 1.74. The Hall–Kier alpha value is -2.50. The highest BCUT2D eigenvalue weighted by molar-refractivity contribution is 5.92. The van der Waals surface area contributed by atoms with Gasteiger partial charge in [0.2, 0.25) is 0 Å². The largest absolute Gasteiger partial charge is 0.372 e. The van der Waals surface area contributed by atoms with Crippen molar-refractivity contribution >= 4 is 11.7 Å². The fraction of sp³-hybridized carbons (Fsp3) is 0.231. The number of amides is 1. The van der Waals surface area contributed by atoms with Crippen molar-refractivity contribution in [3.05, 3.63) is 47.4 Å². The fourth-order valence-electron chi connectivity index (χ4n) is 1.55. The van der Waals surface area contributed by atoms with Gasteiger partial charge in [-0.15, -0.1) is 10.2 Å². The van der Waals surface area contributed by atoms with Crippen molar-refractivity contribution in [3.8, 4) is 0 Å². The predicted octanol–water partition coefficient (Wildman–Crippen LogP) is 1.15. The Bertz CT molecular complexity index is 568. The van der Waals surface area contributed by atoms with Gasteiger partial charge in [0.25, 0.3) is 5.91 Å². The van der Waals surface area contributed by atoms with E-state index in [0.717, 1.165) is 11.4 Å². The summed E-state index contributed by atoms with van der Waals surface area (Å²) in [5.74, 6) is 0.357. The van der Waals surface area contributed by atoms with Gasteiger partial charge in [0.15, 0.2) is 5.69 Å². The first kappa shape index (κ1) is 12.9. The molecule has 0 fully saturated rings. The molecule has 0 aliphatic rings. The monoisotopic (exact) mass is 257 g/mol. The summed E-state index contributed by atoms with van der Waals surface area (Å²) in [5, 5.41) is 13.3. The normalized spacial score (nSPS) is 10.0. The summed E-state index contributed by atoms with van der Waals surface area (Å²) in [4.78, 5) is 16.1. The molecule has 98 valence electrons. The van der Waals surface area contributed by atoms with Crippen LogP contribution < -0.4 is 10.6 Å². The van der Waals surface area contributed by atoms with Crippen LogP contribution in [-0.4, -0.2) is 28.1 Å². The third-order valence-electron chi connectivity index (χ3n) is 2.53. The third-order valence-corrected chi connectivity index (χ3v) is 2.53. The van der Waals surface area contributed by atoms with Gasteiger partial charge in [-0.05, 0) is 31.2 Å². The van der Waals surface area contributed by atoms with Gasteiger partial charge in [0, 0.05) is 12.7 Å². The summed E-state index contributed by atoms with van der Waals surface area (Å²) in [5.41, 5.74) is 2.02. The molecule has 6 nitrogen and oxygen atoms in total. The molecule has 0 bridgehead atoms. The van der Waals surface area contributed by atoms with E-state index in [9.17, 15) is 4.79 Å². The summed E-state index contributed by atoms with van der Waals surface area (Å²) in [6.07, 6.45) is 0. The van der Waals surface area contributed by atoms with Gasteiger partial charge in [-0.3, -0.25) is 9.78 Å². The standard InChI is InChI=1S/C13H15N5O/c1-9-4-3-5-10(16-9)8-15-13(19)11-6-7-12(14-2)18-17-11/h3-7H,8H2,1-2H3,(H,14,18)(H,15,19). The van der Waals surface area contributed by atoms with E-state index < -0.39 is 0 Å². The van der Waals surface area contributed by atoms with E-state index in [2.05, 4.69) is 25.8 Å². The van der Waals surface area contributed by atoms with Crippen molar-refractivity contribution in [3.63, 3.8) is 0 Å². The Morgan fingerprint density at radius 3 is 2.68 bits per heavy atom. The molecule has 2 heterocycles. The average molecular weight is 257 g/mol. The molecular weight excluding hydrogens is 242 g/mol. The first-order chi connectivity index (χ1) is 9.19. The summed E-state index contributed by atoms with van der Waals surface area (Å²) < 4.78 is 0. The highest BCUT2D eigenvalue weighted by atomic mass is 16.1. The first-order valence-corrected chi connectivity index (χ1v) is 5.91. The van der Waals surface area contributed by atoms with Gasteiger partial charge in [-0.2, -0.15) is 0 Å². The van der Waals surface area contributed by atoms with E-state index in [1.54, 1.807) is 19.2 Å². The van der Waals surface area contributed by atoms with E-state index in [0.29, 0.717) is 12.4 Å². The maximum atomic E-state index is 11.8. The topological polar surface area (TPSA) is 79.8 Å². The lowest BCUT2D eigenvalue weighted by Crippen LogP contribution is -2.24. The van der Waals surface area contributed by atoms with Gasteiger partial charge in [-0.25, -0.2) is 0 Å². The maximum Gasteiger partial charge on any atom is 0.272 e. The molecule has 0 spiro atoms. The zero-order valence-electron chi connectivity index (χ0n) is 10.8. The van der Waals surface area contributed by atoms with Gasteiger partial charge >= 0.3 is 0 Å². The van der Waals surface area contributed by atoms with Crippen LogP contribution >= 0.6 is 0 Å². The van der Waals surface area contributed by atoms with Crippen LogP contribution in [0.15, 0.2) is 30.3 Å². The second-order valence-electron chi connectivity index (χ2n) is 4.01. The Morgan fingerprint density at radius 1 is 1.21 bits per heavy atom. The van der Waals surface area contributed by atoms with Crippen LogP contribution in [0.1, 0.15) is 21.9 Å². The molecule has 6 heteroatoms. The number of hydrogen-bond acceptors (Lipinski definition) is 5. The predicted molar refractivity (Wildman–Crippen MR) is 71.7 cm³/mol. The molecular formula is C13H15N5O. The van der Waals surface area contributed by atoms with Crippen molar-refractivity contribution in [2.45, 2.75) is 13.5 Å². The molecule has 0 unspecified atom stereocenters. The summed E-state index contributed by atoms with van der Waals surface area (Å²) in [6, 6.07) is 9.01. The van der Waals surface area contributed by atoms with E-state index >= 15 is 0 Å². The smallest absolute Gasteiger partial charge is 0.272 e. The van der Waals surface area contributed by atoms with Crippen LogP contribution in [0.4, 0.5) is 5.82 Å². The number of aryl methyl sites for hydroxylation is 1. The Balaban J connectivity index is 1.97. The van der Waals surface area contributed by atoms with Gasteiger partial charge < -0.3 is 10.6 Å². The number of anilines is 1. The molecule has 1 amide bonds. The Kier molecular flexibility index (Phi) is 4.02. The molecule has 2 aromatic rings. The van der Waals surface area contributed by atoms with E-state index in [1.807, 2.05) is 25.1 Å². The average Bonchev–Trinajstić information content (AvgIpc) is 2.45. The molecule has 0 radical (unpaired) electrons. The molecule has 2 aromatic heterocycles. The van der Waals surface area contributed by atoms with Crippen LogP contribution in [0.2, 0.25) is 0 Å². The second-order valence-corrected chi connectivity index (χ2v) is 4.01. The number of carbonyl (C=O) groups excluding carboxylic acids is 1. The lowest BCUT2D eigenvalue weighted by atomic mass is 10.3. The Morgan fingerprint density at radius 2 is 2.05 bits per heavy atom. The van der Waals surface area contributed by atoms with E-state index in [4.69, 9.17) is 0 Å². The molecule has 0 aliphatic carbocycles. The van der Waals surface area contributed by atoms with E-state index in [1.165, 1.54) is 0 Å². The lowest BCUT2D eigenvalue weighted by Gasteiger charge is -2.05. The molecule has 0 saturated carbocycles. The van der Waals surface area contributed by atoms with Crippen molar-refractivity contribution in [1.82, 2.24) is 20.5 Å². The number of nitrogens with one attached hydrogen (secondary N) is 2. The zero-order chi connectivity index (χ0) is 13.7. The molecule has 2 N–H and O–H groups in total. The highest BCUT2D eigenvalue weighted by Crippen LogP contribution is 2.02. The molecule has 19 heavy (non-hydrogen) atoms. The number of pyridine rings is 1. The van der Waals surface area contributed by atoms with Crippen molar-refractivity contribution in [2.75, 3.05) is 12.4 Å². The summed E-state index contributed by atoms with van der Waals surface area (Å²) in [6.45, 7) is 2.28. The highest BCUT2D eigenvalue weighted by Gasteiger charge is 2.07. The van der Waals surface area contributed by atoms with Crippen molar-refractivity contribution < 1.29 is 4.79 Å². The minimum absolute atomic E-state index is 0.265. The van der Waals surface area contributed by atoms with E-state index in [-0.39, 0.29) is 11.6 Å². The van der Waals surface area contributed by atoms with Crippen LogP contribution in [0.5, 0.6) is 0 Å². The van der Waals surface area contributed by atoms with Crippen LogP contribution in [0.3, 0.4) is 0 Å². The van der Waals surface area contributed by atoms with Crippen LogP contribution in [-0.2, 0) is 6.54 Å². The van der Waals surface area contributed by atoms with Gasteiger partial charge in [0.05, 0.1) is 12.2 Å². The maximum absolute atomic E-state index is 11.8. The SMILES string of the molecule is CNc1ccc(C(=O)NCc2cccc(C)n2)nn1.